The van der Waals surface area contributed by atoms with Gasteiger partial charge in [-0.25, -0.2) is 16.8 Å². The van der Waals surface area contributed by atoms with Crippen molar-refractivity contribution in [1.82, 2.24) is 8.61 Å². The van der Waals surface area contributed by atoms with Gasteiger partial charge in [-0.05, 0) is 12.1 Å². The summed E-state index contributed by atoms with van der Waals surface area (Å²) in [5.41, 5.74) is -4.41. The molecule has 0 aliphatic heterocycles. The summed E-state index contributed by atoms with van der Waals surface area (Å²) in [6.07, 6.45) is 0. The third-order valence-electron chi connectivity index (χ3n) is 6.11. The van der Waals surface area contributed by atoms with Gasteiger partial charge in [0.1, 0.15) is 5.71 Å². The molecule has 5 N–H and O–H groups in total. The molecule has 0 fully saturated rings. The van der Waals surface area contributed by atoms with Gasteiger partial charge in [-0.2, -0.15) is 8.61 Å². The van der Waals surface area contributed by atoms with E-state index in [0.29, 0.717) is 20.7 Å². The van der Waals surface area contributed by atoms with Crippen LogP contribution in [0.5, 0.6) is 0 Å². The number of sulfonamides is 2. The van der Waals surface area contributed by atoms with Crippen molar-refractivity contribution < 1.29 is 52.3 Å². The molecule has 18 nitrogen and oxygen atoms in total. The SMILES string of the molecule is O=[N+]([O-])c1cc(S(=O)(=O)N(CCO)CCO)cc2c1-c1c(cc(S(=O)(=O)N(CCO)CCO)cc1[N+](=O)[O-])C2=NO. The number of nitrogens with zero attached hydrogens (tertiary/aromatic N) is 5. The molecule has 0 unspecified atom stereocenters. The summed E-state index contributed by atoms with van der Waals surface area (Å²) in [5.74, 6) is 0. The first kappa shape index (κ1) is 31.9. The zero-order chi connectivity index (χ0) is 30.7. The van der Waals surface area contributed by atoms with E-state index in [1.54, 1.807) is 0 Å². The number of aliphatic hydroxyl groups is 4. The molecule has 0 spiro atoms. The van der Waals surface area contributed by atoms with Crippen molar-refractivity contribution in [3.05, 3.63) is 55.6 Å². The van der Waals surface area contributed by atoms with Crippen molar-refractivity contribution in [3.8, 4) is 11.1 Å². The zero-order valence-electron chi connectivity index (χ0n) is 21.0. The van der Waals surface area contributed by atoms with Gasteiger partial charge in [-0.1, -0.05) is 5.16 Å². The van der Waals surface area contributed by atoms with Gasteiger partial charge in [0.05, 0.1) is 57.2 Å². The molecule has 0 saturated carbocycles. The van der Waals surface area contributed by atoms with Crippen molar-refractivity contribution in [2.45, 2.75) is 9.79 Å². The number of nitro groups is 2. The average molecular weight is 620 g/mol. The maximum atomic E-state index is 13.3. The van der Waals surface area contributed by atoms with Crippen molar-refractivity contribution >= 4 is 37.1 Å². The summed E-state index contributed by atoms with van der Waals surface area (Å²) in [6.45, 7) is -4.58. The quantitative estimate of drug-likeness (QED) is 0.0795. The van der Waals surface area contributed by atoms with Crippen LogP contribution in [0.2, 0.25) is 0 Å². The van der Waals surface area contributed by atoms with Crippen molar-refractivity contribution in [2.75, 3.05) is 52.6 Å². The Balaban J connectivity index is 2.40. The van der Waals surface area contributed by atoms with Gasteiger partial charge < -0.3 is 25.6 Å². The molecule has 20 heteroatoms. The lowest BCUT2D eigenvalue weighted by molar-refractivity contribution is -0.386. The van der Waals surface area contributed by atoms with Crippen LogP contribution >= 0.6 is 0 Å². The van der Waals surface area contributed by atoms with Gasteiger partial charge in [-0.15, -0.1) is 0 Å². The molecule has 2 aromatic rings. The Labute approximate surface area is 232 Å². The van der Waals surface area contributed by atoms with Gasteiger partial charge in [0.25, 0.3) is 11.4 Å². The minimum Gasteiger partial charge on any atom is -0.410 e. The molecule has 0 amide bonds. The predicted molar refractivity (Wildman–Crippen MR) is 138 cm³/mol. The lowest BCUT2D eigenvalue weighted by Gasteiger charge is -2.20. The molecule has 0 atom stereocenters. The van der Waals surface area contributed by atoms with E-state index in [1.807, 2.05) is 0 Å². The monoisotopic (exact) mass is 619 g/mol. The first-order chi connectivity index (χ1) is 19.3. The highest BCUT2D eigenvalue weighted by atomic mass is 32.2. The Hall–Kier alpha value is -3.63. The van der Waals surface area contributed by atoms with Crippen LogP contribution in [-0.4, -0.2) is 119 Å². The Morgan fingerprint density at radius 2 is 0.976 bits per heavy atom. The second-order valence-electron chi connectivity index (χ2n) is 8.40. The third-order valence-corrected chi connectivity index (χ3v) is 9.86. The summed E-state index contributed by atoms with van der Waals surface area (Å²) >= 11 is 0. The fraction of sp³-hybridized carbons (Fsp3) is 0.381. The lowest BCUT2D eigenvalue weighted by Crippen LogP contribution is -2.36. The molecule has 2 aromatic carbocycles. The van der Waals surface area contributed by atoms with E-state index < -0.39 is 132 Å². The van der Waals surface area contributed by atoms with E-state index in [0.717, 1.165) is 12.1 Å². The van der Waals surface area contributed by atoms with E-state index in [4.69, 9.17) is 0 Å². The summed E-state index contributed by atoms with van der Waals surface area (Å²) in [5, 5.41) is 74.1. The van der Waals surface area contributed by atoms with E-state index in [2.05, 4.69) is 5.16 Å². The molecule has 0 bridgehead atoms. The second kappa shape index (κ2) is 12.5. The van der Waals surface area contributed by atoms with Crippen molar-refractivity contribution in [2.24, 2.45) is 5.16 Å². The fourth-order valence-electron chi connectivity index (χ4n) is 4.39. The molecule has 1 aliphatic rings. The van der Waals surface area contributed by atoms with E-state index in [1.165, 1.54) is 0 Å². The van der Waals surface area contributed by atoms with Crippen LogP contribution in [0, 0.1) is 20.2 Å². The normalized spacial score (nSPS) is 13.0. The topological polar surface area (TPSA) is 275 Å². The van der Waals surface area contributed by atoms with Gasteiger partial charge in [-0.3, -0.25) is 20.2 Å². The third kappa shape index (κ3) is 5.76. The van der Waals surface area contributed by atoms with Crippen LogP contribution in [0.1, 0.15) is 11.1 Å². The highest BCUT2D eigenvalue weighted by molar-refractivity contribution is 7.89. The van der Waals surface area contributed by atoms with Gasteiger partial charge in [0.2, 0.25) is 20.0 Å². The molecule has 1 aliphatic carbocycles. The molecule has 224 valence electrons. The second-order valence-corrected chi connectivity index (χ2v) is 12.3. The number of hydrogen-bond acceptors (Lipinski definition) is 14. The summed E-state index contributed by atoms with van der Waals surface area (Å²) < 4.78 is 54.3. The highest BCUT2D eigenvalue weighted by Gasteiger charge is 2.42. The fourth-order valence-corrected chi connectivity index (χ4v) is 7.33. The van der Waals surface area contributed by atoms with Gasteiger partial charge >= 0.3 is 0 Å². The first-order valence-corrected chi connectivity index (χ1v) is 14.5. The molecule has 3 rings (SSSR count). The van der Waals surface area contributed by atoms with Crippen molar-refractivity contribution in [3.63, 3.8) is 0 Å². The minimum absolute atomic E-state index is 0.441. The number of rotatable bonds is 14. The number of oxime groups is 1. The van der Waals surface area contributed by atoms with Crippen molar-refractivity contribution in [1.29, 1.82) is 0 Å². The standard InChI is InChI=1S/C21H25N5O13S2/c27-5-1-23(2-6-28)40(36,37)13-9-15-19(17(11-13)25(32)33)20-16(21(15)22-31)10-14(12-18(20)26(34)35)41(38,39)24(3-7-29)4-8-30/h9-12,27-31H,1-8H2. The molecular formula is C21H25N5O13S2. The number of aliphatic hydroxyl groups excluding tert-OH is 4. The maximum Gasteiger partial charge on any atom is 0.279 e. The Bertz CT molecular complexity index is 1480. The maximum absolute atomic E-state index is 13.3. The van der Waals surface area contributed by atoms with E-state index >= 15 is 0 Å². The molecular weight excluding hydrogens is 594 g/mol. The zero-order valence-corrected chi connectivity index (χ0v) is 22.7. The summed E-state index contributed by atoms with van der Waals surface area (Å²) in [4.78, 5) is 20.7. The van der Waals surface area contributed by atoms with E-state index in [9.17, 15) is 62.7 Å². The smallest absolute Gasteiger partial charge is 0.279 e. The largest absolute Gasteiger partial charge is 0.410 e. The first-order valence-electron chi connectivity index (χ1n) is 11.6. The molecule has 0 saturated heterocycles. The Kier molecular flexibility index (Phi) is 9.71. The summed E-state index contributed by atoms with van der Waals surface area (Å²) in [6, 6.07) is 2.91. The molecule has 41 heavy (non-hydrogen) atoms. The molecule has 0 heterocycles. The number of hydrogen-bond donors (Lipinski definition) is 5. The minimum atomic E-state index is -4.62. The van der Waals surface area contributed by atoms with Crippen LogP contribution < -0.4 is 0 Å². The van der Waals surface area contributed by atoms with Gasteiger partial charge in [0.15, 0.2) is 0 Å². The number of fused-ring (bicyclic) bond motifs is 3. The summed E-state index contributed by atoms with van der Waals surface area (Å²) in [7, 11) is -9.23. The Morgan fingerprint density at radius 1 is 0.659 bits per heavy atom. The molecule has 0 aromatic heterocycles. The predicted octanol–water partition coefficient (Wildman–Crippen LogP) is -1.34. The van der Waals surface area contributed by atoms with Crippen LogP contribution in [-0.2, 0) is 20.0 Å². The number of nitro benzene ring substituents is 2. The average Bonchev–Trinajstić information content (AvgIpc) is 3.24. The van der Waals surface area contributed by atoms with Gasteiger partial charge in [0, 0.05) is 49.4 Å². The highest BCUT2D eigenvalue weighted by Crippen LogP contribution is 2.49. The van der Waals surface area contributed by atoms with Crippen LogP contribution in [0.25, 0.3) is 11.1 Å². The Morgan fingerprint density at radius 3 is 1.22 bits per heavy atom. The van der Waals surface area contributed by atoms with E-state index in [-0.39, 0.29) is 0 Å². The number of benzene rings is 2. The lowest BCUT2D eigenvalue weighted by atomic mass is 10.0. The molecule has 0 radical (unpaired) electrons. The van der Waals surface area contributed by atoms with Crippen LogP contribution in [0.4, 0.5) is 11.4 Å². The van der Waals surface area contributed by atoms with Crippen LogP contribution in [0.15, 0.2) is 39.2 Å². The van der Waals surface area contributed by atoms with Crippen LogP contribution in [0.3, 0.4) is 0 Å².